The molecule has 0 aliphatic rings. The third-order valence-corrected chi connectivity index (χ3v) is 2.74. The van der Waals surface area contributed by atoms with Crippen molar-refractivity contribution in [1.82, 2.24) is 0 Å². The zero-order valence-corrected chi connectivity index (χ0v) is 9.23. The van der Waals surface area contributed by atoms with Gasteiger partial charge >= 0.3 is 0 Å². The molecule has 1 unspecified atom stereocenters. The third-order valence-electron chi connectivity index (χ3n) is 2.74. The monoisotopic (exact) mass is 170 g/mol. The quantitative estimate of drug-likeness (QED) is 0.460. The fourth-order valence-electron chi connectivity index (χ4n) is 1.82. The zero-order valence-electron chi connectivity index (χ0n) is 9.23. The summed E-state index contributed by atoms with van der Waals surface area (Å²) < 4.78 is 0. The highest BCUT2D eigenvalue weighted by Gasteiger charge is 2.03. The summed E-state index contributed by atoms with van der Waals surface area (Å²) in [6, 6.07) is 0. The van der Waals surface area contributed by atoms with E-state index in [4.69, 9.17) is 0 Å². The molecule has 74 valence electrons. The number of hydrogen-bond acceptors (Lipinski definition) is 0. The normalized spacial score (nSPS) is 13.2. The van der Waals surface area contributed by atoms with Crippen molar-refractivity contribution < 1.29 is 0 Å². The first-order valence-electron chi connectivity index (χ1n) is 5.85. The lowest BCUT2D eigenvalue weighted by Crippen LogP contribution is -1.97. The van der Waals surface area contributed by atoms with E-state index in [2.05, 4.69) is 20.8 Å². The molecule has 0 N–H and O–H groups in total. The molecule has 0 aromatic carbocycles. The Balaban J connectivity index is 3.19. The van der Waals surface area contributed by atoms with Gasteiger partial charge in [0.05, 0.1) is 0 Å². The molecular formula is C12H26. The summed E-state index contributed by atoms with van der Waals surface area (Å²) in [5, 5.41) is 0. The van der Waals surface area contributed by atoms with E-state index in [-0.39, 0.29) is 0 Å². The van der Waals surface area contributed by atoms with Crippen LogP contribution in [0.4, 0.5) is 0 Å². The summed E-state index contributed by atoms with van der Waals surface area (Å²) in [6.07, 6.45) is 11.4. The highest BCUT2D eigenvalue weighted by molar-refractivity contribution is 4.56. The first kappa shape index (κ1) is 12.0. The minimum atomic E-state index is 1.02. The van der Waals surface area contributed by atoms with Gasteiger partial charge in [0.15, 0.2) is 0 Å². The van der Waals surface area contributed by atoms with E-state index in [0.29, 0.717) is 0 Å². The summed E-state index contributed by atoms with van der Waals surface area (Å²) in [5.41, 5.74) is 0. The van der Waals surface area contributed by atoms with Crippen LogP contribution in [0.3, 0.4) is 0 Å². The van der Waals surface area contributed by atoms with Crippen LogP contribution in [0.15, 0.2) is 0 Å². The minimum absolute atomic E-state index is 1.02. The smallest absolute Gasteiger partial charge is 0.0417 e. The van der Waals surface area contributed by atoms with E-state index >= 15 is 0 Å². The molecule has 12 heavy (non-hydrogen) atoms. The Morgan fingerprint density at radius 3 is 2.00 bits per heavy atom. The summed E-state index contributed by atoms with van der Waals surface area (Å²) >= 11 is 0. The Labute approximate surface area is 78.8 Å². The van der Waals surface area contributed by atoms with Crippen molar-refractivity contribution in [1.29, 1.82) is 0 Å². The Kier molecular flexibility index (Phi) is 9.09. The molecule has 0 saturated heterocycles. The average molecular weight is 170 g/mol. The Hall–Kier alpha value is 0. The van der Waals surface area contributed by atoms with Crippen LogP contribution in [0, 0.1) is 5.92 Å². The van der Waals surface area contributed by atoms with Crippen LogP contribution < -0.4 is 0 Å². The maximum atomic E-state index is 2.33. The van der Waals surface area contributed by atoms with E-state index in [0.717, 1.165) is 5.92 Å². The fourth-order valence-corrected chi connectivity index (χ4v) is 1.82. The Morgan fingerprint density at radius 1 is 0.750 bits per heavy atom. The Bertz CT molecular complexity index is 76.1. The van der Waals surface area contributed by atoms with Crippen molar-refractivity contribution in [3.8, 4) is 0 Å². The van der Waals surface area contributed by atoms with Crippen molar-refractivity contribution in [2.24, 2.45) is 5.92 Å². The Morgan fingerprint density at radius 2 is 1.50 bits per heavy atom. The molecule has 1 atom stereocenters. The van der Waals surface area contributed by atoms with Crippen LogP contribution in [0.25, 0.3) is 0 Å². The molecule has 0 aromatic rings. The lowest BCUT2D eigenvalue weighted by atomic mass is 9.94. The van der Waals surface area contributed by atoms with Gasteiger partial charge < -0.3 is 0 Å². The van der Waals surface area contributed by atoms with Gasteiger partial charge in [0.25, 0.3) is 0 Å². The fraction of sp³-hybridized carbons (Fsp3) is 1.00. The van der Waals surface area contributed by atoms with Crippen LogP contribution in [0.1, 0.15) is 72.1 Å². The molecule has 0 aromatic heterocycles. The van der Waals surface area contributed by atoms with Crippen LogP contribution in [0.5, 0.6) is 0 Å². The van der Waals surface area contributed by atoms with E-state index in [1.54, 1.807) is 0 Å². The molecule has 0 aliphatic heterocycles. The number of unbranched alkanes of at least 4 members (excludes halogenated alkanes) is 3. The molecule has 0 heteroatoms. The van der Waals surface area contributed by atoms with Crippen molar-refractivity contribution in [3.05, 3.63) is 0 Å². The largest absolute Gasteiger partial charge is 0.0654 e. The topological polar surface area (TPSA) is 0 Å². The molecule has 0 fully saturated rings. The lowest BCUT2D eigenvalue weighted by Gasteiger charge is -2.12. The highest BCUT2D eigenvalue weighted by Crippen LogP contribution is 2.18. The predicted molar refractivity (Wildman–Crippen MR) is 57.4 cm³/mol. The molecule has 0 amide bonds. The predicted octanol–water partition coefficient (Wildman–Crippen LogP) is 4.78. The van der Waals surface area contributed by atoms with E-state index < -0.39 is 0 Å². The van der Waals surface area contributed by atoms with Gasteiger partial charge in [-0.2, -0.15) is 0 Å². The van der Waals surface area contributed by atoms with Gasteiger partial charge in [-0.25, -0.2) is 0 Å². The van der Waals surface area contributed by atoms with E-state index in [1.807, 2.05) is 0 Å². The summed E-state index contributed by atoms with van der Waals surface area (Å²) in [6.45, 7) is 6.91. The molecule has 0 bridgehead atoms. The molecule has 0 heterocycles. The average Bonchev–Trinajstić information content (AvgIpc) is 2.10. The van der Waals surface area contributed by atoms with Gasteiger partial charge in [0.1, 0.15) is 0 Å². The van der Waals surface area contributed by atoms with Crippen molar-refractivity contribution >= 4 is 0 Å². The number of hydrogen-bond donors (Lipinski definition) is 0. The standard InChI is InChI=1S/C12H26/c1-4-7-8-9-11-12(6-3)10-5-2/h12H,4-11H2,1-3H3. The van der Waals surface area contributed by atoms with Gasteiger partial charge in [0, 0.05) is 0 Å². The maximum Gasteiger partial charge on any atom is -0.0417 e. The molecule has 0 spiro atoms. The van der Waals surface area contributed by atoms with E-state index in [9.17, 15) is 0 Å². The molecule has 0 aliphatic carbocycles. The van der Waals surface area contributed by atoms with Gasteiger partial charge in [0.2, 0.25) is 0 Å². The third kappa shape index (κ3) is 6.69. The van der Waals surface area contributed by atoms with Crippen LogP contribution >= 0.6 is 0 Å². The van der Waals surface area contributed by atoms with Gasteiger partial charge in [-0.05, 0) is 5.92 Å². The second-order valence-electron chi connectivity index (χ2n) is 3.91. The highest BCUT2D eigenvalue weighted by atomic mass is 14.1. The SMILES string of the molecule is CCCCCCC(CC)CCC. The maximum absolute atomic E-state index is 2.33. The minimum Gasteiger partial charge on any atom is -0.0654 e. The second-order valence-corrected chi connectivity index (χ2v) is 3.91. The van der Waals surface area contributed by atoms with Crippen LogP contribution in [-0.2, 0) is 0 Å². The molecule has 0 radical (unpaired) electrons. The first-order valence-corrected chi connectivity index (χ1v) is 5.85. The van der Waals surface area contributed by atoms with Gasteiger partial charge in [-0.15, -0.1) is 0 Å². The number of rotatable bonds is 8. The van der Waals surface area contributed by atoms with Crippen LogP contribution in [-0.4, -0.2) is 0 Å². The molecule has 0 rings (SSSR count). The second kappa shape index (κ2) is 9.09. The zero-order chi connectivity index (χ0) is 9.23. The first-order chi connectivity index (χ1) is 5.85. The lowest BCUT2D eigenvalue weighted by molar-refractivity contribution is 0.410. The summed E-state index contributed by atoms with van der Waals surface area (Å²) in [7, 11) is 0. The van der Waals surface area contributed by atoms with Crippen molar-refractivity contribution in [3.63, 3.8) is 0 Å². The summed E-state index contributed by atoms with van der Waals surface area (Å²) in [4.78, 5) is 0. The van der Waals surface area contributed by atoms with Crippen molar-refractivity contribution in [2.45, 2.75) is 72.1 Å². The molecule has 0 nitrogen and oxygen atoms in total. The molecule has 0 saturated carbocycles. The van der Waals surface area contributed by atoms with Crippen LogP contribution in [0.2, 0.25) is 0 Å². The van der Waals surface area contributed by atoms with Gasteiger partial charge in [-0.1, -0.05) is 72.1 Å². The van der Waals surface area contributed by atoms with E-state index in [1.165, 1.54) is 51.4 Å². The van der Waals surface area contributed by atoms with Gasteiger partial charge in [-0.3, -0.25) is 0 Å². The van der Waals surface area contributed by atoms with Crippen molar-refractivity contribution in [2.75, 3.05) is 0 Å². The summed E-state index contributed by atoms with van der Waals surface area (Å²) in [5.74, 6) is 1.02. The molecular weight excluding hydrogens is 144 g/mol.